The standard InChI is InChI=1S/C7H9IN2O/c8-5-3-9-10(4-5)6-1-7(11)2-6/h3-4,6-7,11H,1-2H2/t6-,7-. The smallest absolute Gasteiger partial charge is 0.0623 e. The number of halogens is 1. The molecule has 0 unspecified atom stereocenters. The van der Waals surface area contributed by atoms with Crippen LogP contribution in [0.25, 0.3) is 0 Å². The molecule has 0 aromatic carbocycles. The first-order valence-electron chi connectivity index (χ1n) is 3.63. The van der Waals surface area contributed by atoms with Crippen molar-refractivity contribution < 1.29 is 5.11 Å². The molecule has 11 heavy (non-hydrogen) atoms. The number of rotatable bonds is 1. The lowest BCUT2D eigenvalue weighted by molar-refractivity contribution is 0.0434. The third-order valence-corrected chi connectivity index (χ3v) is 2.59. The minimum atomic E-state index is -0.0955. The van der Waals surface area contributed by atoms with Gasteiger partial charge in [-0.25, -0.2) is 0 Å². The van der Waals surface area contributed by atoms with Gasteiger partial charge < -0.3 is 5.11 Å². The SMILES string of the molecule is O[C@H]1C[C@H](n2cc(I)cn2)C1. The van der Waals surface area contributed by atoms with Crippen LogP contribution in [-0.4, -0.2) is 21.0 Å². The summed E-state index contributed by atoms with van der Waals surface area (Å²) in [6, 6.07) is 0.438. The summed E-state index contributed by atoms with van der Waals surface area (Å²) in [4.78, 5) is 0. The zero-order valence-electron chi connectivity index (χ0n) is 5.94. The van der Waals surface area contributed by atoms with E-state index in [1.807, 2.05) is 17.1 Å². The largest absolute Gasteiger partial charge is 0.393 e. The van der Waals surface area contributed by atoms with Gasteiger partial charge in [0.1, 0.15) is 0 Å². The van der Waals surface area contributed by atoms with E-state index in [2.05, 4.69) is 27.7 Å². The first-order chi connectivity index (χ1) is 5.25. The summed E-state index contributed by atoms with van der Waals surface area (Å²) in [5.41, 5.74) is 0. The topological polar surface area (TPSA) is 38.0 Å². The van der Waals surface area contributed by atoms with Gasteiger partial charge in [0.15, 0.2) is 0 Å². The maximum Gasteiger partial charge on any atom is 0.0623 e. The van der Waals surface area contributed by atoms with Crippen LogP contribution in [0.2, 0.25) is 0 Å². The Hall–Kier alpha value is -0.100. The van der Waals surface area contributed by atoms with E-state index in [-0.39, 0.29) is 6.10 Å². The Kier molecular flexibility index (Phi) is 1.88. The van der Waals surface area contributed by atoms with Crippen molar-refractivity contribution in [1.29, 1.82) is 0 Å². The molecule has 1 N–H and O–H groups in total. The first-order valence-corrected chi connectivity index (χ1v) is 4.71. The van der Waals surface area contributed by atoms with Gasteiger partial charge in [0.05, 0.1) is 21.9 Å². The predicted octanol–water partition coefficient (Wildman–Crippen LogP) is 1.18. The van der Waals surface area contributed by atoms with Gasteiger partial charge in [-0.3, -0.25) is 4.68 Å². The summed E-state index contributed by atoms with van der Waals surface area (Å²) in [7, 11) is 0. The van der Waals surface area contributed by atoms with Crippen LogP contribution < -0.4 is 0 Å². The molecule has 2 rings (SSSR count). The summed E-state index contributed by atoms with van der Waals surface area (Å²) >= 11 is 2.23. The molecule has 1 aromatic heterocycles. The third kappa shape index (κ3) is 1.41. The number of aromatic nitrogens is 2. The molecule has 0 atom stereocenters. The van der Waals surface area contributed by atoms with E-state index in [0.29, 0.717) is 6.04 Å². The second kappa shape index (κ2) is 2.75. The van der Waals surface area contributed by atoms with Gasteiger partial charge in [-0.1, -0.05) is 0 Å². The number of nitrogens with zero attached hydrogens (tertiary/aromatic N) is 2. The number of hydrogen-bond acceptors (Lipinski definition) is 2. The van der Waals surface area contributed by atoms with Crippen LogP contribution in [-0.2, 0) is 0 Å². The van der Waals surface area contributed by atoms with Crippen molar-refractivity contribution in [2.24, 2.45) is 0 Å². The number of aliphatic hydroxyl groups is 1. The molecule has 0 spiro atoms. The second-order valence-corrected chi connectivity index (χ2v) is 4.16. The molecule has 1 aromatic rings. The molecule has 60 valence electrons. The summed E-state index contributed by atoms with van der Waals surface area (Å²) in [6.45, 7) is 0. The summed E-state index contributed by atoms with van der Waals surface area (Å²) in [5, 5.41) is 13.2. The lowest BCUT2D eigenvalue weighted by Gasteiger charge is -2.31. The molecule has 1 heterocycles. The van der Waals surface area contributed by atoms with Crippen molar-refractivity contribution in [2.75, 3.05) is 0 Å². The second-order valence-electron chi connectivity index (χ2n) is 2.92. The van der Waals surface area contributed by atoms with E-state index in [1.165, 1.54) is 0 Å². The van der Waals surface area contributed by atoms with Crippen LogP contribution >= 0.6 is 22.6 Å². The normalized spacial score (nSPS) is 30.0. The molecule has 0 bridgehead atoms. The molecule has 1 aliphatic carbocycles. The van der Waals surface area contributed by atoms with Crippen molar-refractivity contribution >= 4 is 22.6 Å². The number of hydrogen-bond donors (Lipinski definition) is 1. The molecule has 0 radical (unpaired) electrons. The molecule has 1 saturated carbocycles. The Labute approximate surface area is 78.5 Å². The Morgan fingerprint density at radius 3 is 2.82 bits per heavy atom. The molecular weight excluding hydrogens is 255 g/mol. The lowest BCUT2D eigenvalue weighted by Crippen LogP contribution is -2.30. The van der Waals surface area contributed by atoms with Crippen molar-refractivity contribution in [3.63, 3.8) is 0 Å². The minimum absolute atomic E-state index is 0.0955. The van der Waals surface area contributed by atoms with Gasteiger partial charge in [-0.15, -0.1) is 0 Å². The highest BCUT2D eigenvalue weighted by Crippen LogP contribution is 2.31. The van der Waals surface area contributed by atoms with Crippen molar-refractivity contribution in [1.82, 2.24) is 9.78 Å². The van der Waals surface area contributed by atoms with Gasteiger partial charge in [0, 0.05) is 6.20 Å². The fourth-order valence-electron chi connectivity index (χ4n) is 1.29. The van der Waals surface area contributed by atoms with E-state index >= 15 is 0 Å². The maximum absolute atomic E-state index is 9.04. The monoisotopic (exact) mass is 264 g/mol. The van der Waals surface area contributed by atoms with Crippen LogP contribution in [0, 0.1) is 3.57 Å². The molecule has 0 amide bonds. The Balaban J connectivity index is 2.07. The molecule has 0 saturated heterocycles. The summed E-state index contributed by atoms with van der Waals surface area (Å²) in [6.07, 6.45) is 5.47. The van der Waals surface area contributed by atoms with E-state index < -0.39 is 0 Å². The highest BCUT2D eigenvalue weighted by atomic mass is 127. The molecular formula is C7H9IN2O. The van der Waals surface area contributed by atoms with Crippen molar-refractivity contribution in [2.45, 2.75) is 25.0 Å². The van der Waals surface area contributed by atoms with Gasteiger partial charge >= 0.3 is 0 Å². The quantitative estimate of drug-likeness (QED) is 0.773. The van der Waals surface area contributed by atoms with E-state index in [4.69, 9.17) is 5.11 Å². The Morgan fingerprint density at radius 1 is 1.64 bits per heavy atom. The fraction of sp³-hybridized carbons (Fsp3) is 0.571. The first kappa shape index (κ1) is 7.54. The molecule has 3 nitrogen and oxygen atoms in total. The maximum atomic E-state index is 9.04. The number of aliphatic hydroxyl groups excluding tert-OH is 1. The zero-order chi connectivity index (χ0) is 7.84. The van der Waals surface area contributed by atoms with Crippen LogP contribution in [0.3, 0.4) is 0 Å². The highest BCUT2D eigenvalue weighted by molar-refractivity contribution is 14.1. The lowest BCUT2D eigenvalue weighted by atomic mass is 9.90. The minimum Gasteiger partial charge on any atom is -0.393 e. The van der Waals surface area contributed by atoms with E-state index in [1.54, 1.807) is 0 Å². The van der Waals surface area contributed by atoms with E-state index in [0.717, 1.165) is 16.4 Å². The average Bonchev–Trinajstić information content (AvgIpc) is 2.29. The Morgan fingerprint density at radius 2 is 2.36 bits per heavy atom. The van der Waals surface area contributed by atoms with Gasteiger partial charge in [0.25, 0.3) is 0 Å². The van der Waals surface area contributed by atoms with Crippen LogP contribution in [0.15, 0.2) is 12.4 Å². The third-order valence-electron chi connectivity index (χ3n) is 2.03. The Bertz CT molecular complexity index is 255. The van der Waals surface area contributed by atoms with Gasteiger partial charge in [0.2, 0.25) is 0 Å². The van der Waals surface area contributed by atoms with Crippen molar-refractivity contribution in [3.05, 3.63) is 16.0 Å². The fourth-order valence-corrected chi connectivity index (χ4v) is 1.70. The van der Waals surface area contributed by atoms with Crippen LogP contribution in [0.1, 0.15) is 18.9 Å². The van der Waals surface area contributed by atoms with Gasteiger partial charge in [-0.05, 0) is 35.4 Å². The van der Waals surface area contributed by atoms with Crippen LogP contribution in [0.4, 0.5) is 0 Å². The summed E-state index contributed by atoms with van der Waals surface area (Å²) in [5.74, 6) is 0. The molecule has 1 aliphatic rings. The highest BCUT2D eigenvalue weighted by Gasteiger charge is 2.28. The predicted molar refractivity (Wildman–Crippen MR) is 49.2 cm³/mol. The zero-order valence-corrected chi connectivity index (χ0v) is 8.10. The molecule has 0 aliphatic heterocycles. The molecule has 1 fully saturated rings. The van der Waals surface area contributed by atoms with E-state index in [9.17, 15) is 0 Å². The average molecular weight is 264 g/mol. The van der Waals surface area contributed by atoms with Gasteiger partial charge in [-0.2, -0.15) is 5.10 Å². The molecule has 4 heteroatoms. The van der Waals surface area contributed by atoms with Crippen molar-refractivity contribution in [3.8, 4) is 0 Å². The van der Waals surface area contributed by atoms with Crippen LogP contribution in [0.5, 0.6) is 0 Å². The summed E-state index contributed by atoms with van der Waals surface area (Å²) < 4.78 is 3.10.